The number of aliphatic hydroxyl groups is 1. The predicted octanol–water partition coefficient (Wildman–Crippen LogP) is 2.85. The van der Waals surface area contributed by atoms with Gasteiger partial charge < -0.3 is 20.1 Å². The third-order valence-electron chi connectivity index (χ3n) is 6.33. The molecule has 1 aromatic carbocycles. The van der Waals surface area contributed by atoms with Gasteiger partial charge in [0, 0.05) is 45.5 Å². The van der Waals surface area contributed by atoms with Gasteiger partial charge >= 0.3 is 0 Å². The highest BCUT2D eigenvalue weighted by Crippen LogP contribution is 2.33. The molecular formula is C24H28N6O3. The average Bonchev–Trinajstić information content (AvgIpc) is 2.82. The minimum atomic E-state index is -0.129. The van der Waals surface area contributed by atoms with Gasteiger partial charge in [0.1, 0.15) is 17.6 Å². The van der Waals surface area contributed by atoms with Gasteiger partial charge in [-0.25, -0.2) is 15.0 Å². The smallest absolute Gasteiger partial charge is 0.257 e. The monoisotopic (exact) mass is 448 g/mol. The summed E-state index contributed by atoms with van der Waals surface area (Å²) in [7, 11) is 0. The minimum absolute atomic E-state index is 0.00516. The normalized spacial score (nSPS) is 22.6. The Labute approximate surface area is 192 Å². The Morgan fingerprint density at radius 1 is 1.18 bits per heavy atom. The quantitative estimate of drug-likeness (QED) is 0.527. The third-order valence-corrected chi connectivity index (χ3v) is 6.33. The van der Waals surface area contributed by atoms with E-state index in [1.165, 1.54) is 13.1 Å². The Hall–Kier alpha value is -3.33. The standard InChI is InChI=1S/C24H28N6O3/c1-15(32)21-11-26-24(23(29-21)30-8-4-5-16(13-30)14-31)33-18-9-17(10-18)27-22-12-25-19-6-2-3-7-20(19)28-22/h2-3,6-7,11-12,16-18,31H,4-5,8-10,13-14H2,1H3,(H,27,28). The van der Waals surface area contributed by atoms with Crippen LogP contribution in [0.15, 0.2) is 36.7 Å². The molecule has 1 atom stereocenters. The van der Waals surface area contributed by atoms with E-state index in [0.29, 0.717) is 23.9 Å². The summed E-state index contributed by atoms with van der Waals surface area (Å²) in [6, 6.07) is 8.04. The lowest BCUT2D eigenvalue weighted by Gasteiger charge is -2.37. The van der Waals surface area contributed by atoms with Crippen LogP contribution in [-0.2, 0) is 0 Å². The maximum absolute atomic E-state index is 11.9. The first-order chi connectivity index (χ1) is 16.1. The highest BCUT2D eigenvalue weighted by atomic mass is 16.5. The van der Waals surface area contributed by atoms with Crippen LogP contribution in [-0.4, -0.2) is 62.7 Å². The molecule has 33 heavy (non-hydrogen) atoms. The Morgan fingerprint density at radius 2 is 2.00 bits per heavy atom. The zero-order chi connectivity index (χ0) is 22.8. The fourth-order valence-corrected chi connectivity index (χ4v) is 4.41. The number of aromatic nitrogens is 4. The molecule has 9 nitrogen and oxygen atoms in total. The van der Waals surface area contributed by atoms with Crippen LogP contribution in [0, 0.1) is 5.92 Å². The first kappa shape index (κ1) is 21.5. The molecule has 2 fully saturated rings. The minimum Gasteiger partial charge on any atom is -0.472 e. The SMILES string of the molecule is CC(=O)c1cnc(OC2CC(Nc3cnc4ccccc4n3)C2)c(N2CCCC(CO)C2)n1. The molecule has 2 aliphatic rings. The fraction of sp³-hybridized carbons (Fsp3) is 0.458. The van der Waals surface area contributed by atoms with E-state index in [-0.39, 0.29) is 30.5 Å². The highest BCUT2D eigenvalue weighted by Gasteiger charge is 2.33. The number of anilines is 2. The number of nitrogens with one attached hydrogen (secondary N) is 1. The fourth-order valence-electron chi connectivity index (χ4n) is 4.41. The van der Waals surface area contributed by atoms with Crippen LogP contribution in [0.2, 0.25) is 0 Å². The third kappa shape index (κ3) is 4.73. The van der Waals surface area contributed by atoms with E-state index >= 15 is 0 Å². The number of rotatable bonds is 7. The molecule has 1 saturated carbocycles. The molecule has 0 radical (unpaired) electrons. The van der Waals surface area contributed by atoms with Gasteiger partial charge in [-0.3, -0.25) is 9.78 Å². The molecule has 3 aromatic rings. The van der Waals surface area contributed by atoms with Crippen molar-refractivity contribution in [2.45, 2.75) is 44.8 Å². The maximum Gasteiger partial charge on any atom is 0.257 e. The lowest BCUT2D eigenvalue weighted by atomic mass is 9.89. The van der Waals surface area contributed by atoms with E-state index in [2.05, 4.69) is 30.2 Å². The van der Waals surface area contributed by atoms with Crippen molar-refractivity contribution in [1.29, 1.82) is 0 Å². The molecule has 2 aromatic heterocycles. The molecule has 172 valence electrons. The van der Waals surface area contributed by atoms with Gasteiger partial charge in [0.2, 0.25) is 0 Å². The van der Waals surface area contributed by atoms with E-state index < -0.39 is 0 Å². The number of carbonyl (C=O) groups is 1. The summed E-state index contributed by atoms with van der Waals surface area (Å²) >= 11 is 0. The van der Waals surface area contributed by atoms with Crippen LogP contribution in [0.4, 0.5) is 11.6 Å². The van der Waals surface area contributed by atoms with Crippen molar-refractivity contribution in [2.24, 2.45) is 5.92 Å². The molecule has 2 N–H and O–H groups in total. The van der Waals surface area contributed by atoms with E-state index in [4.69, 9.17) is 4.74 Å². The summed E-state index contributed by atoms with van der Waals surface area (Å²) in [6.07, 6.45) is 6.80. The van der Waals surface area contributed by atoms with Crippen molar-refractivity contribution in [3.63, 3.8) is 0 Å². The van der Waals surface area contributed by atoms with Crippen molar-refractivity contribution >= 4 is 28.5 Å². The van der Waals surface area contributed by atoms with Crippen LogP contribution < -0.4 is 15.0 Å². The molecule has 1 saturated heterocycles. The number of fused-ring (bicyclic) bond motifs is 1. The van der Waals surface area contributed by atoms with Gasteiger partial charge in [-0.05, 0) is 30.9 Å². The maximum atomic E-state index is 11.9. The van der Waals surface area contributed by atoms with Gasteiger partial charge in [0.05, 0.1) is 23.4 Å². The van der Waals surface area contributed by atoms with Crippen LogP contribution in [0.5, 0.6) is 5.88 Å². The molecule has 1 aliphatic heterocycles. The molecule has 9 heteroatoms. The summed E-state index contributed by atoms with van der Waals surface area (Å²) in [5.41, 5.74) is 2.06. The molecule has 3 heterocycles. The largest absolute Gasteiger partial charge is 0.472 e. The molecule has 0 bridgehead atoms. The highest BCUT2D eigenvalue weighted by molar-refractivity contribution is 5.92. The van der Waals surface area contributed by atoms with Crippen LogP contribution in [0.25, 0.3) is 11.0 Å². The molecule has 1 unspecified atom stereocenters. The van der Waals surface area contributed by atoms with Gasteiger partial charge in [0.25, 0.3) is 5.88 Å². The van der Waals surface area contributed by atoms with E-state index in [9.17, 15) is 9.90 Å². The first-order valence-electron chi connectivity index (χ1n) is 11.5. The number of piperidine rings is 1. The Balaban J connectivity index is 1.25. The van der Waals surface area contributed by atoms with Gasteiger partial charge in [-0.1, -0.05) is 12.1 Å². The van der Waals surface area contributed by atoms with Gasteiger partial charge in [-0.2, -0.15) is 0 Å². The number of Topliss-reactive ketones (excluding diaryl/α,β-unsaturated/α-hetero) is 1. The van der Waals surface area contributed by atoms with Crippen molar-refractivity contribution in [3.8, 4) is 5.88 Å². The topological polar surface area (TPSA) is 113 Å². The van der Waals surface area contributed by atoms with E-state index in [0.717, 1.165) is 49.1 Å². The van der Waals surface area contributed by atoms with Crippen molar-refractivity contribution in [2.75, 3.05) is 29.9 Å². The molecule has 5 rings (SSSR count). The average molecular weight is 449 g/mol. The second kappa shape index (κ2) is 9.27. The van der Waals surface area contributed by atoms with Crippen molar-refractivity contribution in [1.82, 2.24) is 19.9 Å². The van der Waals surface area contributed by atoms with Crippen molar-refractivity contribution in [3.05, 3.63) is 42.4 Å². The number of hydrogen-bond donors (Lipinski definition) is 2. The van der Waals surface area contributed by atoms with Crippen LogP contribution >= 0.6 is 0 Å². The molecule has 0 amide bonds. The zero-order valence-electron chi connectivity index (χ0n) is 18.6. The molecule has 1 aliphatic carbocycles. The Morgan fingerprint density at radius 3 is 2.79 bits per heavy atom. The second-order valence-electron chi connectivity index (χ2n) is 8.87. The summed E-state index contributed by atoms with van der Waals surface area (Å²) < 4.78 is 6.21. The van der Waals surface area contributed by atoms with Crippen LogP contribution in [0.1, 0.15) is 43.1 Å². The van der Waals surface area contributed by atoms with E-state index in [1.807, 2.05) is 24.3 Å². The predicted molar refractivity (Wildman–Crippen MR) is 125 cm³/mol. The van der Waals surface area contributed by atoms with E-state index in [1.54, 1.807) is 6.20 Å². The Kier molecular flexibility index (Phi) is 6.04. The number of hydrogen-bond acceptors (Lipinski definition) is 9. The molecule has 0 spiro atoms. The lowest BCUT2D eigenvalue weighted by Crippen LogP contribution is -2.43. The van der Waals surface area contributed by atoms with Crippen LogP contribution in [0.3, 0.4) is 0 Å². The van der Waals surface area contributed by atoms with Gasteiger partial charge in [0.15, 0.2) is 11.6 Å². The number of para-hydroxylation sites is 2. The first-order valence-corrected chi connectivity index (χ1v) is 11.5. The number of benzene rings is 1. The number of carbonyl (C=O) groups excluding carboxylic acids is 1. The zero-order valence-corrected chi connectivity index (χ0v) is 18.6. The molecular weight excluding hydrogens is 420 g/mol. The number of ether oxygens (including phenoxy) is 1. The van der Waals surface area contributed by atoms with Crippen molar-refractivity contribution < 1.29 is 14.6 Å². The number of aliphatic hydroxyl groups excluding tert-OH is 1. The number of nitrogens with zero attached hydrogens (tertiary/aromatic N) is 5. The number of ketones is 1. The van der Waals surface area contributed by atoms with Gasteiger partial charge in [-0.15, -0.1) is 0 Å². The Bertz CT molecular complexity index is 1150. The summed E-state index contributed by atoms with van der Waals surface area (Å²) in [5.74, 6) is 1.86. The summed E-state index contributed by atoms with van der Waals surface area (Å²) in [5, 5.41) is 13.0. The summed E-state index contributed by atoms with van der Waals surface area (Å²) in [6.45, 7) is 3.11. The lowest BCUT2D eigenvalue weighted by molar-refractivity contribution is 0.0997. The summed E-state index contributed by atoms with van der Waals surface area (Å²) in [4.78, 5) is 32.0. The second-order valence-corrected chi connectivity index (χ2v) is 8.87.